The van der Waals surface area contributed by atoms with Crippen molar-refractivity contribution in [3.8, 4) is 0 Å². The molecule has 3 atom stereocenters. The van der Waals surface area contributed by atoms with Crippen molar-refractivity contribution in [1.29, 1.82) is 0 Å². The van der Waals surface area contributed by atoms with Crippen molar-refractivity contribution in [2.75, 3.05) is 19.8 Å². The minimum atomic E-state index is 0.482. The van der Waals surface area contributed by atoms with E-state index in [1.807, 2.05) is 0 Å². The summed E-state index contributed by atoms with van der Waals surface area (Å²) in [6.07, 6.45) is 2.18. The third kappa shape index (κ3) is 5.52. The number of ether oxygens (including phenoxy) is 1. The van der Waals surface area contributed by atoms with Crippen LogP contribution in [-0.4, -0.2) is 37.9 Å². The van der Waals surface area contributed by atoms with Gasteiger partial charge < -0.3 is 15.4 Å². The zero-order valence-electron chi connectivity index (χ0n) is 12.4. The van der Waals surface area contributed by atoms with Crippen LogP contribution in [0.2, 0.25) is 0 Å². The Balaban J connectivity index is 1.72. The van der Waals surface area contributed by atoms with Crippen LogP contribution < -0.4 is 10.6 Å². The van der Waals surface area contributed by atoms with E-state index < -0.39 is 0 Å². The quantitative estimate of drug-likeness (QED) is 0.835. The van der Waals surface area contributed by atoms with E-state index in [-0.39, 0.29) is 0 Å². The lowest BCUT2D eigenvalue weighted by Gasteiger charge is -2.28. The highest BCUT2D eigenvalue weighted by Crippen LogP contribution is 2.12. The number of rotatable bonds is 6. The second-order valence-electron chi connectivity index (χ2n) is 5.76. The zero-order chi connectivity index (χ0) is 14.4. The van der Waals surface area contributed by atoms with E-state index in [1.54, 1.807) is 0 Å². The molecule has 0 amide bonds. The van der Waals surface area contributed by atoms with Gasteiger partial charge in [-0.1, -0.05) is 28.1 Å². The Labute approximate surface area is 130 Å². The lowest BCUT2D eigenvalue weighted by Crippen LogP contribution is -2.46. The Hall–Kier alpha value is -0.420. The van der Waals surface area contributed by atoms with E-state index in [2.05, 4.69) is 64.7 Å². The summed E-state index contributed by atoms with van der Waals surface area (Å²) in [5, 5.41) is 7.19. The zero-order valence-corrected chi connectivity index (χ0v) is 13.9. The molecule has 1 aromatic carbocycles. The fourth-order valence-corrected chi connectivity index (χ4v) is 3.05. The molecule has 4 heteroatoms. The molecule has 1 aliphatic heterocycles. The number of halogens is 1. The average Bonchev–Trinajstić information content (AvgIpc) is 2.42. The Bertz CT molecular complexity index is 390. The molecular weight excluding hydrogens is 316 g/mol. The maximum Gasteiger partial charge on any atom is 0.0620 e. The number of benzene rings is 1. The van der Waals surface area contributed by atoms with Crippen molar-refractivity contribution >= 4 is 15.9 Å². The van der Waals surface area contributed by atoms with Crippen LogP contribution in [0.1, 0.15) is 25.8 Å². The SMILES string of the molecule is CC(Cc1ccc(Br)cc1)NC(C)CC1COCCN1. The van der Waals surface area contributed by atoms with Gasteiger partial charge in [-0.3, -0.25) is 0 Å². The molecule has 1 saturated heterocycles. The highest BCUT2D eigenvalue weighted by atomic mass is 79.9. The monoisotopic (exact) mass is 340 g/mol. The molecule has 20 heavy (non-hydrogen) atoms. The number of morpholine rings is 1. The van der Waals surface area contributed by atoms with E-state index in [9.17, 15) is 0 Å². The molecule has 0 aliphatic carbocycles. The highest BCUT2D eigenvalue weighted by molar-refractivity contribution is 9.10. The predicted octanol–water partition coefficient (Wildman–Crippen LogP) is 2.74. The van der Waals surface area contributed by atoms with Gasteiger partial charge in [0.1, 0.15) is 0 Å². The van der Waals surface area contributed by atoms with Crippen molar-refractivity contribution in [3.63, 3.8) is 0 Å². The van der Waals surface area contributed by atoms with Crippen LogP contribution in [-0.2, 0) is 11.2 Å². The van der Waals surface area contributed by atoms with Crippen molar-refractivity contribution in [1.82, 2.24) is 10.6 Å². The lowest BCUT2D eigenvalue weighted by molar-refractivity contribution is 0.0708. The summed E-state index contributed by atoms with van der Waals surface area (Å²) < 4.78 is 6.64. The van der Waals surface area contributed by atoms with Gasteiger partial charge in [-0.25, -0.2) is 0 Å². The van der Waals surface area contributed by atoms with Crippen molar-refractivity contribution < 1.29 is 4.74 Å². The van der Waals surface area contributed by atoms with Crippen molar-refractivity contribution in [2.45, 2.75) is 44.8 Å². The Morgan fingerprint density at radius 1 is 1.30 bits per heavy atom. The molecular formula is C16H25BrN2O. The predicted molar refractivity (Wildman–Crippen MR) is 87.1 cm³/mol. The molecule has 0 spiro atoms. The van der Waals surface area contributed by atoms with Gasteiger partial charge in [0.25, 0.3) is 0 Å². The van der Waals surface area contributed by atoms with Crippen LogP contribution in [0.15, 0.2) is 28.7 Å². The van der Waals surface area contributed by atoms with Crippen molar-refractivity contribution in [2.24, 2.45) is 0 Å². The summed E-state index contributed by atoms with van der Waals surface area (Å²) in [4.78, 5) is 0. The molecule has 1 aliphatic rings. The number of hydrogen-bond donors (Lipinski definition) is 2. The van der Waals surface area contributed by atoms with E-state index in [0.717, 1.165) is 37.1 Å². The van der Waals surface area contributed by atoms with E-state index in [0.29, 0.717) is 18.1 Å². The van der Waals surface area contributed by atoms with Crippen LogP contribution in [0.3, 0.4) is 0 Å². The molecule has 1 heterocycles. The molecule has 0 saturated carbocycles. The average molecular weight is 341 g/mol. The lowest BCUT2D eigenvalue weighted by atomic mass is 10.0. The van der Waals surface area contributed by atoms with Gasteiger partial charge in [0.15, 0.2) is 0 Å². The minimum Gasteiger partial charge on any atom is -0.379 e. The molecule has 0 aromatic heterocycles. The summed E-state index contributed by atoms with van der Waals surface area (Å²) in [6.45, 7) is 7.18. The summed E-state index contributed by atoms with van der Waals surface area (Å²) in [5.41, 5.74) is 1.37. The third-order valence-corrected chi connectivity index (χ3v) is 4.19. The fourth-order valence-electron chi connectivity index (χ4n) is 2.78. The maximum absolute atomic E-state index is 5.50. The van der Waals surface area contributed by atoms with E-state index in [4.69, 9.17) is 4.74 Å². The largest absolute Gasteiger partial charge is 0.379 e. The number of nitrogens with one attached hydrogen (secondary N) is 2. The Kier molecular flexibility index (Phi) is 6.49. The Morgan fingerprint density at radius 2 is 2.05 bits per heavy atom. The summed E-state index contributed by atoms with van der Waals surface area (Å²) in [7, 11) is 0. The van der Waals surface area contributed by atoms with Crippen LogP contribution in [0.4, 0.5) is 0 Å². The topological polar surface area (TPSA) is 33.3 Å². The van der Waals surface area contributed by atoms with Crippen LogP contribution >= 0.6 is 15.9 Å². The van der Waals surface area contributed by atoms with Crippen molar-refractivity contribution in [3.05, 3.63) is 34.3 Å². The third-order valence-electron chi connectivity index (χ3n) is 3.66. The van der Waals surface area contributed by atoms with Gasteiger partial charge in [-0.15, -0.1) is 0 Å². The smallest absolute Gasteiger partial charge is 0.0620 e. The fraction of sp³-hybridized carbons (Fsp3) is 0.625. The molecule has 0 radical (unpaired) electrons. The van der Waals surface area contributed by atoms with Gasteiger partial charge >= 0.3 is 0 Å². The first kappa shape index (κ1) is 16.0. The van der Waals surface area contributed by atoms with Crippen LogP contribution in [0.25, 0.3) is 0 Å². The Morgan fingerprint density at radius 3 is 2.70 bits per heavy atom. The van der Waals surface area contributed by atoms with Gasteiger partial charge in [-0.05, 0) is 44.4 Å². The first-order valence-corrected chi connectivity index (χ1v) is 8.24. The molecule has 112 valence electrons. The molecule has 3 unspecified atom stereocenters. The summed E-state index contributed by atoms with van der Waals surface area (Å²) >= 11 is 3.47. The van der Waals surface area contributed by atoms with Gasteiger partial charge in [0.05, 0.1) is 13.2 Å². The minimum absolute atomic E-state index is 0.482. The van der Waals surface area contributed by atoms with E-state index in [1.165, 1.54) is 5.56 Å². The highest BCUT2D eigenvalue weighted by Gasteiger charge is 2.17. The molecule has 0 bridgehead atoms. The summed E-state index contributed by atoms with van der Waals surface area (Å²) in [6, 6.07) is 10.1. The van der Waals surface area contributed by atoms with Crippen LogP contribution in [0, 0.1) is 0 Å². The molecule has 1 fully saturated rings. The normalized spacial score (nSPS) is 22.4. The first-order chi connectivity index (χ1) is 9.63. The summed E-state index contributed by atoms with van der Waals surface area (Å²) in [5.74, 6) is 0. The van der Waals surface area contributed by atoms with Gasteiger partial charge in [-0.2, -0.15) is 0 Å². The number of hydrogen-bond acceptors (Lipinski definition) is 3. The van der Waals surface area contributed by atoms with E-state index >= 15 is 0 Å². The van der Waals surface area contributed by atoms with Gasteiger partial charge in [0, 0.05) is 29.1 Å². The molecule has 2 N–H and O–H groups in total. The van der Waals surface area contributed by atoms with Gasteiger partial charge in [0.2, 0.25) is 0 Å². The standard InChI is InChI=1S/C16H25BrN2O/c1-12(9-14-3-5-15(17)6-4-14)19-13(2)10-16-11-20-8-7-18-16/h3-6,12-13,16,18-19H,7-11H2,1-2H3. The molecule has 2 rings (SSSR count). The molecule has 1 aromatic rings. The first-order valence-electron chi connectivity index (χ1n) is 7.45. The maximum atomic E-state index is 5.50. The second kappa shape index (κ2) is 8.13. The second-order valence-corrected chi connectivity index (χ2v) is 6.68. The molecule has 3 nitrogen and oxygen atoms in total. The van der Waals surface area contributed by atoms with Crippen LogP contribution in [0.5, 0.6) is 0 Å².